The lowest BCUT2D eigenvalue weighted by Gasteiger charge is -2.32. The first-order chi connectivity index (χ1) is 22.8. The van der Waals surface area contributed by atoms with Crippen LogP contribution in [0.1, 0.15) is 58.3 Å². The zero-order valence-electron chi connectivity index (χ0n) is 27.9. The van der Waals surface area contributed by atoms with Crippen LogP contribution in [-0.4, -0.2) is 70.9 Å². The molecule has 1 aliphatic heterocycles. The molecule has 3 aromatic rings. The van der Waals surface area contributed by atoms with E-state index in [-0.39, 0.29) is 24.1 Å². The number of carbonyl (C=O) groups excluding carboxylic acids is 1. The molecule has 1 fully saturated rings. The van der Waals surface area contributed by atoms with E-state index < -0.39 is 0 Å². The van der Waals surface area contributed by atoms with Crippen LogP contribution in [0.15, 0.2) is 83.6 Å². The van der Waals surface area contributed by atoms with Crippen molar-refractivity contribution in [2.24, 2.45) is 5.92 Å². The maximum atomic E-state index is 13.7. The largest absolute Gasteiger partial charge is 0.385 e. The Hall–Kier alpha value is -4.11. The van der Waals surface area contributed by atoms with Gasteiger partial charge >= 0.3 is 0 Å². The maximum Gasteiger partial charge on any atom is 0.244 e. The number of piperidine rings is 1. The lowest BCUT2D eigenvalue weighted by molar-refractivity contribution is -0.133. The molecule has 0 N–H and O–H groups in total. The molecule has 1 aliphatic carbocycles. The Labute approximate surface area is 277 Å². The first-order valence-corrected chi connectivity index (χ1v) is 16.9. The number of allylic oxidation sites excluding steroid dienone is 5. The third-order valence-electron chi connectivity index (χ3n) is 9.22. The summed E-state index contributed by atoms with van der Waals surface area (Å²) < 4.78 is 34.1. The molecular weight excluding hydrogens is 596 g/mol. The van der Waals surface area contributed by atoms with Crippen molar-refractivity contribution in [3.05, 3.63) is 95.2 Å². The Balaban J connectivity index is 1.20. The topological polar surface area (TPSA) is 63.5 Å². The minimum atomic E-state index is -0.354. The van der Waals surface area contributed by atoms with E-state index in [0.29, 0.717) is 41.8 Å². The van der Waals surface area contributed by atoms with Crippen LogP contribution in [0.25, 0.3) is 22.8 Å². The molecular formula is C38H47F2N5O2. The highest BCUT2D eigenvalue weighted by Gasteiger charge is 2.25. The van der Waals surface area contributed by atoms with Crippen molar-refractivity contribution >= 4 is 5.91 Å². The van der Waals surface area contributed by atoms with E-state index in [1.165, 1.54) is 41.1 Å². The number of carbonyl (C=O) groups is 1. The van der Waals surface area contributed by atoms with Gasteiger partial charge in [-0.2, -0.15) is 0 Å². The van der Waals surface area contributed by atoms with Gasteiger partial charge in [0.2, 0.25) is 5.91 Å². The number of likely N-dealkylation sites (N-methyl/N-ethyl adjacent to an activating group) is 1. The maximum absolute atomic E-state index is 13.7. The van der Waals surface area contributed by atoms with Crippen LogP contribution in [0.4, 0.5) is 8.78 Å². The highest BCUT2D eigenvalue weighted by Crippen LogP contribution is 2.29. The summed E-state index contributed by atoms with van der Waals surface area (Å²) in [4.78, 5) is 22.5. The third kappa shape index (κ3) is 9.25. The average Bonchev–Trinajstić information content (AvgIpc) is 3.49. The van der Waals surface area contributed by atoms with Crippen molar-refractivity contribution < 1.29 is 18.3 Å². The van der Waals surface area contributed by atoms with Crippen molar-refractivity contribution in [3.8, 4) is 22.8 Å². The van der Waals surface area contributed by atoms with Gasteiger partial charge in [0.15, 0.2) is 11.6 Å². The minimum absolute atomic E-state index is 0.0203. The Bertz CT molecular complexity index is 1570. The molecule has 0 spiro atoms. The van der Waals surface area contributed by atoms with Gasteiger partial charge in [-0.15, -0.1) is 5.10 Å². The highest BCUT2D eigenvalue weighted by molar-refractivity contribution is 5.77. The molecule has 1 saturated heterocycles. The summed E-state index contributed by atoms with van der Waals surface area (Å²) in [5.41, 5.74) is 5.45. The number of amides is 1. The van der Waals surface area contributed by atoms with E-state index in [9.17, 15) is 13.6 Å². The summed E-state index contributed by atoms with van der Waals surface area (Å²) in [7, 11) is 3.94. The number of aromatic nitrogens is 3. The molecule has 1 aromatic heterocycles. The van der Waals surface area contributed by atoms with Crippen LogP contribution in [0.2, 0.25) is 0 Å². The Morgan fingerprint density at radius 3 is 2.30 bits per heavy atom. The number of nitrogens with zero attached hydrogens (tertiary/aromatic N) is 5. The third-order valence-corrected chi connectivity index (χ3v) is 9.22. The van der Waals surface area contributed by atoms with E-state index in [1.807, 2.05) is 4.90 Å². The van der Waals surface area contributed by atoms with Gasteiger partial charge in [-0.25, -0.2) is 18.4 Å². The van der Waals surface area contributed by atoms with Gasteiger partial charge in [-0.1, -0.05) is 19.1 Å². The van der Waals surface area contributed by atoms with Gasteiger partial charge in [-0.05, 0) is 123 Å². The standard InChI is InChI=1S/C38H47F2N5O2/c1-4-30-9-6-5-8-29(26-35(30)43(2)22-7-25-47-3)11-10-28-20-23-44(24-21-28)36(46)27-45-38(32-14-18-34(40)19-15-32)41-37(42-45)31-12-16-33(39)17-13-31/h8-9,12-19,26,28H,4-7,10-11,20-25,27H2,1-3H3. The summed E-state index contributed by atoms with van der Waals surface area (Å²) in [5, 5.41) is 4.62. The second-order valence-electron chi connectivity index (χ2n) is 12.5. The minimum Gasteiger partial charge on any atom is -0.385 e. The second kappa shape index (κ2) is 16.6. The molecule has 0 radical (unpaired) electrons. The molecule has 0 bridgehead atoms. The molecule has 0 saturated carbocycles. The number of halogens is 2. The number of benzene rings is 2. The van der Waals surface area contributed by atoms with Crippen molar-refractivity contribution in [2.75, 3.05) is 40.4 Å². The fourth-order valence-electron chi connectivity index (χ4n) is 6.44. The lowest BCUT2D eigenvalue weighted by atomic mass is 9.89. The lowest BCUT2D eigenvalue weighted by Crippen LogP contribution is -2.40. The number of hydrogen-bond acceptors (Lipinski definition) is 5. The van der Waals surface area contributed by atoms with Crippen LogP contribution < -0.4 is 0 Å². The van der Waals surface area contributed by atoms with Gasteiger partial charge in [0, 0.05) is 57.2 Å². The summed E-state index contributed by atoms with van der Waals surface area (Å²) in [6, 6.07) is 11.9. The predicted octanol–water partition coefficient (Wildman–Crippen LogP) is 7.82. The van der Waals surface area contributed by atoms with Crippen LogP contribution >= 0.6 is 0 Å². The average molecular weight is 644 g/mol. The molecule has 250 valence electrons. The molecule has 47 heavy (non-hydrogen) atoms. The number of methoxy groups -OCH3 is 1. The predicted molar refractivity (Wildman–Crippen MR) is 182 cm³/mol. The zero-order valence-corrected chi connectivity index (χ0v) is 27.9. The summed E-state index contributed by atoms with van der Waals surface area (Å²) in [6.07, 6.45) is 15.4. The molecule has 7 nitrogen and oxygen atoms in total. The SMILES string of the molecule is CCC1=CCCC=C(CCC2CCN(C(=O)Cn3nc(-c4ccc(F)cc4)nc3-c3ccc(F)cc3)CC2)C=C1N(C)CCCOC. The van der Waals surface area contributed by atoms with Gasteiger partial charge in [-0.3, -0.25) is 4.79 Å². The van der Waals surface area contributed by atoms with Gasteiger partial charge in [0.05, 0.1) is 0 Å². The van der Waals surface area contributed by atoms with Crippen LogP contribution in [0.3, 0.4) is 0 Å². The first-order valence-electron chi connectivity index (χ1n) is 16.9. The summed E-state index contributed by atoms with van der Waals surface area (Å²) in [6.45, 7) is 5.40. The molecule has 0 atom stereocenters. The number of ether oxygens (including phenoxy) is 1. The van der Waals surface area contributed by atoms with Gasteiger partial charge < -0.3 is 14.5 Å². The highest BCUT2D eigenvalue weighted by atomic mass is 19.1. The Kier molecular flexibility index (Phi) is 12.1. The van der Waals surface area contributed by atoms with E-state index in [2.05, 4.69) is 47.2 Å². The molecule has 0 unspecified atom stereocenters. The smallest absolute Gasteiger partial charge is 0.244 e. The Morgan fingerprint density at radius 1 is 0.979 bits per heavy atom. The van der Waals surface area contributed by atoms with E-state index in [0.717, 1.165) is 64.5 Å². The van der Waals surface area contributed by atoms with Crippen molar-refractivity contribution in [3.63, 3.8) is 0 Å². The van der Waals surface area contributed by atoms with Crippen molar-refractivity contribution in [1.82, 2.24) is 24.6 Å². The van der Waals surface area contributed by atoms with Crippen LogP contribution in [0, 0.1) is 17.6 Å². The molecule has 2 heterocycles. The number of hydrogen-bond donors (Lipinski definition) is 0. The quantitative estimate of drug-likeness (QED) is 0.178. The first kappa shape index (κ1) is 34.2. The van der Waals surface area contributed by atoms with Gasteiger partial charge in [0.25, 0.3) is 0 Å². The van der Waals surface area contributed by atoms with E-state index >= 15 is 0 Å². The second-order valence-corrected chi connectivity index (χ2v) is 12.5. The van der Waals surface area contributed by atoms with E-state index in [4.69, 9.17) is 4.74 Å². The summed E-state index contributed by atoms with van der Waals surface area (Å²) >= 11 is 0. The number of likely N-dealkylation sites (tertiary alicyclic amines) is 1. The molecule has 2 aromatic carbocycles. The molecule has 1 amide bonds. The van der Waals surface area contributed by atoms with Crippen molar-refractivity contribution in [2.45, 2.75) is 64.8 Å². The Morgan fingerprint density at radius 2 is 1.64 bits per heavy atom. The fourth-order valence-corrected chi connectivity index (χ4v) is 6.44. The van der Waals surface area contributed by atoms with Crippen LogP contribution in [-0.2, 0) is 16.1 Å². The van der Waals surface area contributed by atoms with E-state index in [1.54, 1.807) is 36.1 Å². The van der Waals surface area contributed by atoms with Crippen molar-refractivity contribution in [1.29, 1.82) is 0 Å². The van der Waals surface area contributed by atoms with Gasteiger partial charge in [0.1, 0.15) is 18.2 Å². The molecule has 2 aliphatic rings. The normalized spacial score (nSPS) is 15.9. The molecule has 9 heteroatoms. The summed E-state index contributed by atoms with van der Waals surface area (Å²) in [5.74, 6) is 0.698. The van der Waals surface area contributed by atoms with Crippen LogP contribution in [0.5, 0.6) is 0 Å². The molecule has 5 rings (SSSR count). The fraction of sp³-hybridized carbons (Fsp3) is 0.447. The number of rotatable bonds is 13. The zero-order chi connectivity index (χ0) is 33.2. The monoisotopic (exact) mass is 643 g/mol.